The van der Waals surface area contributed by atoms with Crippen LogP contribution in [0, 0.1) is 6.92 Å². The number of thiophene rings is 1. The lowest BCUT2D eigenvalue weighted by Crippen LogP contribution is -2.31. The molecule has 0 bridgehead atoms. The van der Waals surface area contributed by atoms with Gasteiger partial charge in [0, 0.05) is 6.08 Å². The van der Waals surface area contributed by atoms with E-state index in [-0.39, 0.29) is 12.5 Å². The number of hydrogen-bond acceptors (Lipinski definition) is 5. The molecule has 6 heteroatoms. The van der Waals surface area contributed by atoms with Gasteiger partial charge in [-0.3, -0.25) is 4.79 Å². The number of esters is 1. The van der Waals surface area contributed by atoms with Gasteiger partial charge in [0.15, 0.2) is 6.61 Å². The Kier molecular flexibility index (Phi) is 7.04. The molecular formula is C18H19NO4S. The summed E-state index contributed by atoms with van der Waals surface area (Å²) < 4.78 is 10.4. The molecule has 1 aromatic carbocycles. The van der Waals surface area contributed by atoms with Crippen molar-refractivity contribution in [2.45, 2.75) is 6.92 Å². The van der Waals surface area contributed by atoms with Crippen LogP contribution in [0.1, 0.15) is 11.1 Å². The van der Waals surface area contributed by atoms with Crippen LogP contribution >= 0.6 is 11.3 Å². The molecule has 5 nitrogen and oxygen atoms in total. The van der Waals surface area contributed by atoms with E-state index < -0.39 is 5.97 Å². The number of hydrogen-bond donors (Lipinski definition) is 1. The highest BCUT2D eigenvalue weighted by Crippen LogP contribution is 2.11. The van der Waals surface area contributed by atoms with Crippen molar-refractivity contribution in [1.29, 1.82) is 0 Å². The maximum atomic E-state index is 11.6. The van der Waals surface area contributed by atoms with Gasteiger partial charge in [0.2, 0.25) is 0 Å². The lowest BCUT2D eigenvalue weighted by atomic mass is 10.2. The number of aryl methyl sites for hydroxylation is 1. The molecular weight excluding hydrogens is 326 g/mol. The van der Waals surface area contributed by atoms with Gasteiger partial charge in [-0.1, -0.05) is 12.1 Å². The van der Waals surface area contributed by atoms with Crippen LogP contribution in [0.25, 0.3) is 6.08 Å². The van der Waals surface area contributed by atoms with Crippen LogP contribution in [0.3, 0.4) is 0 Å². The van der Waals surface area contributed by atoms with Crippen LogP contribution in [0.15, 0.2) is 47.2 Å². The van der Waals surface area contributed by atoms with Gasteiger partial charge in [0.1, 0.15) is 12.4 Å². The van der Waals surface area contributed by atoms with E-state index in [1.165, 1.54) is 6.08 Å². The number of ether oxygens (including phenoxy) is 2. The molecule has 0 aliphatic carbocycles. The van der Waals surface area contributed by atoms with Crippen molar-refractivity contribution < 1.29 is 19.1 Å². The highest BCUT2D eigenvalue weighted by molar-refractivity contribution is 7.08. The number of nitrogens with one attached hydrogen (secondary N) is 1. The van der Waals surface area contributed by atoms with Crippen LogP contribution < -0.4 is 10.1 Å². The zero-order chi connectivity index (χ0) is 17.2. The van der Waals surface area contributed by atoms with Crippen LogP contribution in [-0.4, -0.2) is 31.6 Å². The van der Waals surface area contributed by atoms with Gasteiger partial charge in [0.25, 0.3) is 5.91 Å². The summed E-state index contributed by atoms with van der Waals surface area (Å²) >= 11 is 1.54. The zero-order valence-corrected chi connectivity index (χ0v) is 14.2. The van der Waals surface area contributed by atoms with E-state index in [0.717, 1.165) is 16.9 Å². The van der Waals surface area contributed by atoms with E-state index in [9.17, 15) is 9.59 Å². The molecule has 1 aromatic heterocycles. The lowest BCUT2D eigenvalue weighted by Gasteiger charge is -2.08. The molecule has 2 aromatic rings. The third kappa shape index (κ3) is 6.66. The first-order chi connectivity index (χ1) is 11.6. The molecule has 2 rings (SSSR count). The Balaban J connectivity index is 1.58. The molecule has 0 fully saturated rings. The quantitative estimate of drug-likeness (QED) is 0.454. The zero-order valence-electron chi connectivity index (χ0n) is 13.4. The van der Waals surface area contributed by atoms with Crippen molar-refractivity contribution in [3.05, 3.63) is 58.3 Å². The van der Waals surface area contributed by atoms with Gasteiger partial charge in [0.05, 0.1) is 6.54 Å². The normalized spacial score (nSPS) is 10.5. The smallest absolute Gasteiger partial charge is 0.331 e. The van der Waals surface area contributed by atoms with Gasteiger partial charge in [-0.05, 0) is 53.1 Å². The van der Waals surface area contributed by atoms with Crippen LogP contribution in [0.5, 0.6) is 5.75 Å². The number of rotatable bonds is 8. The summed E-state index contributed by atoms with van der Waals surface area (Å²) in [6.07, 6.45) is 2.95. The van der Waals surface area contributed by atoms with E-state index in [0.29, 0.717) is 13.2 Å². The number of carbonyl (C=O) groups excluding carboxylic acids is 2. The predicted octanol–water partition coefficient (Wildman–Crippen LogP) is 2.81. The second-order valence-electron chi connectivity index (χ2n) is 5.01. The molecule has 24 heavy (non-hydrogen) atoms. The SMILES string of the molecule is Cc1cccc(OCCNC(=O)COC(=O)/C=C/c2ccsc2)c1. The van der Waals surface area contributed by atoms with Gasteiger partial charge in [-0.15, -0.1) is 0 Å². The molecule has 0 saturated heterocycles. The molecule has 0 unspecified atom stereocenters. The maximum absolute atomic E-state index is 11.6. The van der Waals surface area contributed by atoms with Gasteiger partial charge >= 0.3 is 5.97 Å². The average Bonchev–Trinajstić information content (AvgIpc) is 3.08. The summed E-state index contributed by atoms with van der Waals surface area (Å²) in [5, 5.41) is 6.45. The monoisotopic (exact) mass is 345 g/mol. The fraction of sp³-hybridized carbons (Fsp3) is 0.222. The third-order valence-corrected chi connectivity index (χ3v) is 3.68. The van der Waals surface area contributed by atoms with Crippen molar-refractivity contribution in [3.63, 3.8) is 0 Å². The fourth-order valence-corrected chi connectivity index (χ4v) is 2.46. The predicted molar refractivity (Wildman–Crippen MR) is 94.0 cm³/mol. The standard InChI is InChI=1S/C18H19NO4S/c1-14-3-2-4-16(11-14)22-9-8-19-17(20)12-23-18(21)6-5-15-7-10-24-13-15/h2-7,10-11,13H,8-9,12H2,1H3,(H,19,20)/b6-5+. The summed E-state index contributed by atoms with van der Waals surface area (Å²) in [4.78, 5) is 23.1. The molecule has 0 aliphatic rings. The van der Waals surface area contributed by atoms with Crippen LogP contribution in [0.2, 0.25) is 0 Å². The molecule has 0 radical (unpaired) electrons. The van der Waals surface area contributed by atoms with Gasteiger partial charge < -0.3 is 14.8 Å². The minimum absolute atomic E-state index is 0.308. The van der Waals surface area contributed by atoms with E-state index in [4.69, 9.17) is 9.47 Å². The Morgan fingerprint density at radius 1 is 1.29 bits per heavy atom. The molecule has 0 saturated carbocycles. The lowest BCUT2D eigenvalue weighted by molar-refractivity contribution is -0.143. The largest absolute Gasteiger partial charge is 0.492 e. The molecule has 1 heterocycles. The average molecular weight is 345 g/mol. The van der Waals surface area contributed by atoms with Crippen molar-refractivity contribution in [3.8, 4) is 5.75 Å². The van der Waals surface area contributed by atoms with Gasteiger partial charge in [-0.2, -0.15) is 11.3 Å². The maximum Gasteiger partial charge on any atom is 0.331 e. The van der Waals surface area contributed by atoms with E-state index in [1.807, 2.05) is 48.0 Å². The summed E-state index contributed by atoms with van der Waals surface area (Å²) in [5.41, 5.74) is 2.04. The number of carbonyl (C=O) groups is 2. The highest BCUT2D eigenvalue weighted by atomic mass is 32.1. The van der Waals surface area contributed by atoms with E-state index in [1.54, 1.807) is 17.4 Å². The summed E-state index contributed by atoms with van der Waals surface area (Å²) in [5.74, 6) is -0.151. The Morgan fingerprint density at radius 2 is 2.17 bits per heavy atom. The topological polar surface area (TPSA) is 64.6 Å². The van der Waals surface area contributed by atoms with Crippen LogP contribution in [0.4, 0.5) is 0 Å². The molecule has 0 spiro atoms. The van der Waals surface area contributed by atoms with Crippen molar-refractivity contribution in [2.24, 2.45) is 0 Å². The first-order valence-corrected chi connectivity index (χ1v) is 8.41. The van der Waals surface area contributed by atoms with E-state index in [2.05, 4.69) is 5.32 Å². The van der Waals surface area contributed by atoms with Crippen molar-refractivity contribution in [1.82, 2.24) is 5.32 Å². The first-order valence-electron chi connectivity index (χ1n) is 7.47. The molecule has 1 N–H and O–H groups in total. The highest BCUT2D eigenvalue weighted by Gasteiger charge is 2.04. The van der Waals surface area contributed by atoms with Crippen molar-refractivity contribution >= 4 is 29.3 Å². The Morgan fingerprint density at radius 3 is 2.92 bits per heavy atom. The molecule has 126 valence electrons. The summed E-state index contributed by atoms with van der Waals surface area (Å²) in [7, 11) is 0. The minimum Gasteiger partial charge on any atom is -0.492 e. The number of amides is 1. The molecule has 0 aliphatic heterocycles. The van der Waals surface area contributed by atoms with Crippen LogP contribution in [-0.2, 0) is 14.3 Å². The minimum atomic E-state index is -0.549. The second kappa shape index (κ2) is 9.52. The fourth-order valence-electron chi connectivity index (χ4n) is 1.83. The summed E-state index contributed by atoms with van der Waals surface area (Å²) in [6.45, 7) is 2.36. The molecule has 0 atom stereocenters. The first kappa shape index (κ1) is 17.7. The van der Waals surface area contributed by atoms with E-state index >= 15 is 0 Å². The summed E-state index contributed by atoms with van der Waals surface area (Å²) in [6, 6.07) is 9.55. The Labute approximate surface area is 144 Å². The second-order valence-corrected chi connectivity index (χ2v) is 5.79. The number of benzene rings is 1. The third-order valence-electron chi connectivity index (χ3n) is 2.98. The Hall–Kier alpha value is -2.60. The molecule has 1 amide bonds. The Bertz CT molecular complexity index is 695. The van der Waals surface area contributed by atoms with Gasteiger partial charge in [-0.25, -0.2) is 4.79 Å². The van der Waals surface area contributed by atoms with Crippen molar-refractivity contribution in [2.75, 3.05) is 19.8 Å².